The molecule has 144 valence electrons. The van der Waals surface area contributed by atoms with Gasteiger partial charge in [-0.1, -0.05) is 44.2 Å². The van der Waals surface area contributed by atoms with Crippen LogP contribution in [0.5, 0.6) is 0 Å². The molecule has 2 aromatic carbocycles. The van der Waals surface area contributed by atoms with E-state index in [1.165, 1.54) is 11.6 Å². The first-order chi connectivity index (χ1) is 13.3. The number of aryl methyl sites for hydroxylation is 2. The molecule has 0 saturated heterocycles. The lowest BCUT2D eigenvalue weighted by molar-refractivity contribution is -0.142. The third-order valence-electron chi connectivity index (χ3n) is 4.09. The summed E-state index contributed by atoms with van der Waals surface area (Å²) in [6, 6.07) is 15.1. The van der Waals surface area contributed by atoms with Crippen LogP contribution in [-0.4, -0.2) is 18.5 Å². The van der Waals surface area contributed by atoms with E-state index in [1.54, 1.807) is 0 Å². The topological polar surface area (TPSA) is 79.2 Å². The van der Waals surface area contributed by atoms with Crippen molar-refractivity contribution in [2.75, 3.05) is 11.9 Å². The predicted octanol–water partition coefficient (Wildman–Crippen LogP) is 4.52. The SMILES string of the molecule is Cc1cc(C)cc(NC(=O)COC(=O)/C(C#N)=C/c2ccc(C(C)C)cc2)c1. The molecule has 0 aliphatic heterocycles. The Morgan fingerprint density at radius 2 is 1.71 bits per heavy atom. The highest BCUT2D eigenvalue weighted by Crippen LogP contribution is 2.17. The van der Waals surface area contributed by atoms with Crippen LogP contribution in [-0.2, 0) is 14.3 Å². The number of carbonyl (C=O) groups excluding carboxylic acids is 2. The van der Waals surface area contributed by atoms with Crippen LogP contribution in [0.25, 0.3) is 6.08 Å². The molecule has 5 nitrogen and oxygen atoms in total. The molecule has 0 unspecified atom stereocenters. The number of hydrogen-bond donors (Lipinski definition) is 1. The first-order valence-electron chi connectivity index (χ1n) is 9.05. The van der Waals surface area contributed by atoms with Crippen LogP contribution in [0, 0.1) is 25.2 Å². The number of ether oxygens (including phenoxy) is 1. The van der Waals surface area contributed by atoms with E-state index in [-0.39, 0.29) is 5.57 Å². The number of nitriles is 1. The van der Waals surface area contributed by atoms with Crippen LogP contribution in [0.15, 0.2) is 48.0 Å². The first-order valence-corrected chi connectivity index (χ1v) is 9.05. The zero-order valence-corrected chi connectivity index (χ0v) is 16.6. The zero-order chi connectivity index (χ0) is 20.7. The van der Waals surface area contributed by atoms with Crippen molar-refractivity contribution in [1.82, 2.24) is 0 Å². The largest absolute Gasteiger partial charge is 0.451 e. The van der Waals surface area contributed by atoms with E-state index < -0.39 is 18.5 Å². The number of nitrogens with one attached hydrogen (secondary N) is 1. The lowest BCUT2D eigenvalue weighted by atomic mass is 10.0. The second-order valence-corrected chi connectivity index (χ2v) is 6.99. The summed E-state index contributed by atoms with van der Waals surface area (Å²) in [7, 11) is 0. The van der Waals surface area contributed by atoms with E-state index in [4.69, 9.17) is 4.74 Å². The van der Waals surface area contributed by atoms with Crippen LogP contribution >= 0.6 is 0 Å². The summed E-state index contributed by atoms with van der Waals surface area (Å²) in [5.74, 6) is -0.892. The molecule has 28 heavy (non-hydrogen) atoms. The fourth-order valence-corrected chi connectivity index (χ4v) is 2.73. The second-order valence-electron chi connectivity index (χ2n) is 6.99. The molecule has 0 heterocycles. The van der Waals surface area contributed by atoms with E-state index in [1.807, 2.05) is 62.4 Å². The van der Waals surface area contributed by atoms with Gasteiger partial charge in [-0.25, -0.2) is 4.79 Å². The highest BCUT2D eigenvalue weighted by Gasteiger charge is 2.13. The van der Waals surface area contributed by atoms with Gasteiger partial charge in [0.1, 0.15) is 11.6 Å². The molecule has 1 amide bonds. The number of benzene rings is 2. The molecular formula is C23H24N2O3. The second kappa shape index (κ2) is 9.52. The summed E-state index contributed by atoms with van der Waals surface area (Å²) in [6.45, 7) is 7.58. The van der Waals surface area contributed by atoms with Crippen LogP contribution in [0.4, 0.5) is 5.69 Å². The Hall–Kier alpha value is -3.39. The van der Waals surface area contributed by atoms with E-state index in [0.29, 0.717) is 11.6 Å². The van der Waals surface area contributed by atoms with Crippen molar-refractivity contribution in [3.8, 4) is 6.07 Å². The van der Waals surface area contributed by atoms with Crippen molar-refractivity contribution in [2.45, 2.75) is 33.6 Å². The molecule has 0 bridgehead atoms. The molecule has 2 rings (SSSR count). The smallest absolute Gasteiger partial charge is 0.349 e. The van der Waals surface area contributed by atoms with E-state index >= 15 is 0 Å². The van der Waals surface area contributed by atoms with Crippen LogP contribution in [0.2, 0.25) is 0 Å². The fraction of sp³-hybridized carbons (Fsp3) is 0.261. The average Bonchev–Trinajstić information content (AvgIpc) is 2.63. The highest BCUT2D eigenvalue weighted by molar-refractivity contribution is 6.00. The van der Waals surface area contributed by atoms with Gasteiger partial charge in [0.15, 0.2) is 6.61 Å². The minimum Gasteiger partial charge on any atom is -0.451 e. The Balaban J connectivity index is 1.97. The average molecular weight is 376 g/mol. The summed E-state index contributed by atoms with van der Waals surface area (Å²) in [5, 5.41) is 11.9. The maximum absolute atomic E-state index is 12.1. The highest BCUT2D eigenvalue weighted by atomic mass is 16.5. The lowest BCUT2D eigenvalue weighted by Gasteiger charge is -2.08. The van der Waals surface area contributed by atoms with Gasteiger partial charge >= 0.3 is 5.97 Å². The van der Waals surface area contributed by atoms with Gasteiger partial charge < -0.3 is 10.1 Å². The number of anilines is 1. The zero-order valence-electron chi connectivity index (χ0n) is 16.6. The van der Waals surface area contributed by atoms with E-state index in [2.05, 4.69) is 19.2 Å². The molecule has 5 heteroatoms. The summed E-state index contributed by atoms with van der Waals surface area (Å²) in [4.78, 5) is 24.1. The summed E-state index contributed by atoms with van der Waals surface area (Å²) >= 11 is 0. The Morgan fingerprint density at radius 1 is 1.11 bits per heavy atom. The Bertz CT molecular complexity index is 915. The van der Waals surface area contributed by atoms with Crippen molar-refractivity contribution in [3.05, 3.63) is 70.3 Å². The van der Waals surface area contributed by atoms with Gasteiger partial charge in [0.05, 0.1) is 0 Å². The Morgan fingerprint density at radius 3 is 2.25 bits per heavy atom. The number of amides is 1. The van der Waals surface area contributed by atoms with Crippen molar-refractivity contribution in [1.29, 1.82) is 5.26 Å². The first kappa shape index (κ1) is 20.9. The van der Waals surface area contributed by atoms with E-state index in [9.17, 15) is 14.9 Å². The molecule has 2 aromatic rings. The standard InChI is InChI=1S/C23H24N2O3/c1-15(2)19-7-5-18(6-8-19)12-20(13-24)23(27)28-14-22(26)25-21-10-16(3)9-17(4)11-21/h5-12,15H,14H2,1-4H3,(H,25,26)/b20-12+. The molecule has 0 aromatic heterocycles. The molecule has 0 fully saturated rings. The third kappa shape index (κ3) is 6.10. The predicted molar refractivity (Wildman–Crippen MR) is 110 cm³/mol. The molecule has 0 aliphatic carbocycles. The van der Waals surface area contributed by atoms with Crippen LogP contribution in [0.1, 0.15) is 42.0 Å². The summed E-state index contributed by atoms with van der Waals surface area (Å²) < 4.78 is 4.98. The Labute approximate surface area is 165 Å². The fourth-order valence-electron chi connectivity index (χ4n) is 2.73. The summed E-state index contributed by atoms with van der Waals surface area (Å²) in [6.07, 6.45) is 1.45. The van der Waals surface area contributed by atoms with Gasteiger partial charge in [-0.15, -0.1) is 0 Å². The number of hydrogen-bond acceptors (Lipinski definition) is 4. The molecular weight excluding hydrogens is 352 g/mol. The number of rotatable bonds is 6. The van der Waals surface area contributed by atoms with Crippen LogP contribution < -0.4 is 5.32 Å². The molecule has 0 spiro atoms. The van der Waals surface area contributed by atoms with Gasteiger partial charge in [-0.2, -0.15) is 5.26 Å². The number of nitrogens with zero attached hydrogens (tertiary/aromatic N) is 1. The molecule has 0 atom stereocenters. The van der Waals surface area contributed by atoms with Gasteiger partial charge in [-0.3, -0.25) is 4.79 Å². The molecule has 0 aliphatic rings. The third-order valence-corrected chi connectivity index (χ3v) is 4.09. The lowest BCUT2D eigenvalue weighted by Crippen LogP contribution is -2.21. The Kier molecular flexibility index (Phi) is 7.11. The molecule has 1 N–H and O–H groups in total. The minimum absolute atomic E-state index is 0.156. The van der Waals surface area contributed by atoms with Gasteiger partial charge in [0.2, 0.25) is 0 Å². The summed E-state index contributed by atoms with van der Waals surface area (Å²) in [5.41, 5.74) is 4.41. The minimum atomic E-state index is -0.828. The van der Waals surface area contributed by atoms with E-state index in [0.717, 1.165) is 16.7 Å². The molecule has 0 saturated carbocycles. The van der Waals surface area contributed by atoms with Gasteiger partial charge in [0, 0.05) is 5.69 Å². The van der Waals surface area contributed by atoms with Crippen LogP contribution in [0.3, 0.4) is 0 Å². The number of esters is 1. The number of carbonyl (C=O) groups is 2. The van der Waals surface area contributed by atoms with Crippen molar-refractivity contribution >= 4 is 23.6 Å². The maximum Gasteiger partial charge on any atom is 0.349 e. The normalized spacial score (nSPS) is 11.1. The maximum atomic E-state index is 12.1. The quantitative estimate of drug-likeness (QED) is 0.457. The molecule has 0 radical (unpaired) electrons. The van der Waals surface area contributed by atoms with Gasteiger partial charge in [-0.05, 0) is 60.2 Å². The van der Waals surface area contributed by atoms with Crippen molar-refractivity contribution < 1.29 is 14.3 Å². The van der Waals surface area contributed by atoms with Crippen molar-refractivity contribution in [3.63, 3.8) is 0 Å². The van der Waals surface area contributed by atoms with Crippen molar-refractivity contribution in [2.24, 2.45) is 0 Å². The van der Waals surface area contributed by atoms with Gasteiger partial charge in [0.25, 0.3) is 5.91 Å². The monoisotopic (exact) mass is 376 g/mol.